The van der Waals surface area contributed by atoms with Gasteiger partial charge in [0, 0.05) is 6.54 Å². The second kappa shape index (κ2) is 6.60. The van der Waals surface area contributed by atoms with Crippen molar-refractivity contribution in [3.63, 3.8) is 0 Å². The van der Waals surface area contributed by atoms with Gasteiger partial charge in [-0.15, -0.1) is 0 Å². The molecular weight excluding hydrogens is 238 g/mol. The van der Waals surface area contributed by atoms with Gasteiger partial charge in [-0.05, 0) is 56.2 Å². The molecule has 1 aliphatic rings. The van der Waals surface area contributed by atoms with E-state index in [0.717, 1.165) is 25.0 Å². The normalized spacial score (nSPS) is 15.5. The van der Waals surface area contributed by atoms with Crippen LogP contribution < -0.4 is 10.1 Å². The standard InChI is InChI=1S/C16H23NO2/c1-3-11-17-16(18)12(2)19-15-10-6-8-13-7-4-5-9-14(13)15/h6,8,10,12H,3-5,7,9,11H2,1-2H3,(H,17,18)/t12-/m0/s1. The second-order valence-electron chi connectivity index (χ2n) is 5.15. The molecule has 3 nitrogen and oxygen atoms in total. The average molecular weight is 261 g/mol. The van der Waals surface area contributed by atoms with Crippen LogP contribution in [-0.4, -0.2) is 18.6 Å². The summed E-state index contributed by atoms with van der Waals surface area (Å²) in [6.07, 6.45) is 5.17. The Balaban J connectivity index is 2.04. The summed E-state index contributed by atoms with van der Waals surface area (Å²) in [7, 11) is 0. The molecule has 1 aliphatic carbocycles. The monoisotopic (exact) mass is 261 g/mol. The topological polar surface area (TPSA) is 38.3 Å². The first kappa shape index (κ1) is 13.9. The minimum Gasteiger partial charge on any atom is -0.481 e. The van der Waals surface area contributed by atoms with Crippen molar-refractivity contribution in [3.8, 4) is 5.75 Å². The maximum atomic E-state index is 11.8. The maximum Gasteiger partial charge on any atom is 0.260 e. The van der Waals surface area contributed by atoms with Gasteiger partial charge in [0.1, 0.15) is 5.75 Å². The van der Waals surface area contributed by atoms with Crippen LogP contribution in [0.3, 0.4) is 0 Å². The summed E-state index contributed by atoms with van der Waals surface area (Å²) in [6.45, 7) is 4.56. The Hall–Kier alpha value is -1.51. The zero-order chi connectivity index (χ0) is 13.7. The van der Waals surface area contributed by atoms with Crippen LogP contribution in [-0.2, 0) is 17.6 Å². The van der Waals surface area contributed by atoms with E-state index in [2.05, 4.69) is 11.4 Å². The van der Waals surface area contributed by atoms with Gasteiger partial charge in [-0.1, -0.05) is 19.1 Å². The molecule has 1 atom stereocenters. The molecule has 1 amide bonds. The smallest absolute Gasteiger partial charge is 0.260 e. The highest BCUT2D eigenvalue weighted by atomic mass is 16.5. The lowest BCUT2D eigenvalue weighted by molar-refractivity contribution is -0.127. The summed E-state index contributed by atoms with van der Waals surface area (Å²) in [6, 6.07) is 6.17. The summed E-state index contributed by atoms with van der Waals surface area (Å²) in [5.41, 5.74) is 2.67. The average Bonchev–Trinajstić information content (AvgIpc) is 2.45. The third kappa shape index (κ3) is 3.49. The van der Waals surface area contributed by atoms with E-state index < -0.39 is 6.10 Å². The van der Waals surface area contributed by atoms with Crippen LogP contribution >= 0.6 is 0 Å². The number of nitrogens with one attached hydrogen (secondary N) is 1. The van der Waals surface area contributed by atoms with E-state index in [9.17, 15) is 4.79 Å². The summed E-state index contributed by atoms with van der Waals surface area (Å²) in [5.74, 6) is 0.853. The van der Waals surface area contributed by atoms with Gasteiger partial charge in [0.2, 0.25) is 0 Å². The zero-order valence-corrected chi connectivity index (χ0v) is 11.9. The third-order valence-electron chi connectivity index (χ3n) is 3.58. The van der Waals surface area contributed by atoms with E-state index in [-0.39, 0.29) is 5.91 Å². The molecule has 0 radical (unpaired) electrons. The first-order chi connectivity index (χ1) is 9.22. The van der Waals surface area contributed by atoms with E-state index in [0.29, 0.717) is 6.54 Å². The zero-order valence-electron chi connectivity index (χ0n) is 11.9. The SMILES string of the molecule is CCCNC(=O)[C@H](C)Oc1cccc2c1CCCC2. The second-order valence-corrected chi connectivity index (χ2v) is 5.15. The Morgan fingerprint density at radius 1 is 1.37 bits per heavy atom. The van der Waals surface area contributed by atoms with Gasteiger partial charge in [-0.25, -0.2) is 0 Å². The van der Waals surface area contributed by atoms with Crippen LogP contribution in [0.15, 0.2) is 18.2 Å². The Morgan fingerprint density at radius 3 is 2.95 bits per heavy atom. The third-order valence-corrected chi connectivity index (χ3v) is 3.58. The largest absolute Gasteiger partial charge is 0.481 e. The number of hydrogen-bond donors (Lipinski definition) is 1. The van der Waals surface area contributed by atoms with Crippen molar-refractivity contribution in [1.82, 2.24) is 5.32 Å². The van der Waals surface area contributed by atoms with Crippen LogP contribution in [0, 0.1) is 0 Å². The van der Waals surface area contributed by atoms with Crippen LogP contribution in [0.4, 0.5) is 0 Å². The summed E-state index contributed by atoms with van der Waals surface area (Å²) in [4.78, 5) is 11.8. The highest BCUT2D eigenvalue weighted by molar-refractivity contribution is 5.80. The lowest BCUT2D eigenvalue weighted by Crippen LogP contribution is -2.36. The van der Waals surface area contributed by atoms with Crippen LogP contribution in [0.25, 0.3) is 0 Å². The minimum absolute atomic E-state index is 0.0322. The molecule has 0 aliphatic heterocycles. The maximum absolute atomic E-state index is 11.8. The number of hydrogen-bond acceptors (Lipinski definition) is 2. The molecule has 0 bridgehead atoms. The first-order valence-electron chi connectivity index (χ1n) is 7.27. The van der Waals surface area contributed by atoms with Crippen molar-refractivity contribution >= 4 is 5.91 Å². The first-order valence-corrected chi connectivity index (χ1v) is 7.27. The number of carbonyl (C=O) groups excluding carboxylic acids is 1. The van der Waals surface area contributed by atoms with Crippen molar-refractivity contribution in [3.05, 3.63) is 29.3 Å². The quantitative estimate of drug-likeness (QED) is 0.885. The molecule has 104 valence electrons. The molecule has 0 saturated carbocycles. The van der Waals surface area contributed by atoms with Gasteiger partial charge in [0.15, 0.2) is 6.10 Å². The Kier molecular flexibility index (Phi) is 4.83. The van der Waals surface area contributed by atoms with E-state index in [1.54, 1.807) is 0 Å². The number of ether oxygens (including phenoxy) is 1. The van der Waals surface area contributed by atoms with Gasteiger partial charge < -0.3 is 10.1 Å². The number of fused-ring (bicyclic) bond motifs is 1. The lowest BCUT2D eigenvalue weighted by Gasteiger charge is -2.22. The molecule has 3 heteroatoms. The molecular formula is C16H23NO2. The van der Waals surface area contributed by atoms with E-state index >= 15 is 0 Å². The van der Waals surface area contributed by atoms with E-state index in [1.807, 2.05) is 26.0 Å². The molecule has 19 heavy (non-hydrogen) atoms. The van der Waals surface area contributed by atoms with Crippen molar-refractivity contribution in [2.45, 2.75) is 52.1 Å². The van der Waals surface area contributed by atoms with Crippen molar-refractivity contribution in [2.24, 2.45) is 0 Å². The van der Waals surface area contributed by atoms with Crippen LogP contribution in [0.5, 0.6) is 5.75 Å². The predicted molar refractivity (Wildman–Crippen MR) is 76.5 cm³/mol. The number of benzene rings is 1. The summed E-state index contributed by atoms with van der Waals surface area (Å²) < 4.78 is 5.86. The molecule has 0 aromatic heterocycles. The predicted octanol–water partition coefficient (Wildman–Crippen LogP) is 2.86. The molecule has 1 aromatic carbocycles. The Morgan fingerprint density at radius 2 is 2.16 bits per heavy atom. The highest BCUT2D eigenvalue weighted by Gasteiger charge is 2.18. The van der Waals surface area contributed by atoms with E-state index in [1.165, 1.54) is 24.0 Å². The van der Waals surface area contributed by atoms with E-state index in [4.69, 9.17) is 4.74 Å². The van der Waals surface area contributed by atoms with Crippen molar-refractivity contribution in [1.29, 1.82) is 0 Å². The lowest BCUT2D eigenvalue weighted by atomic mass is 9.91. The van der Waals surface area contributed by atoms with Gasteiger partial charge in [-0.2, -0.15) is 0 Å². The number of rotatable bonds is 5. The van der Waals surface area contributed by atoms with Gasteiger partial charge in [0.05, 0.1) is 0 Å². The highest BCUT2D eigenvalue weighted by Crippen LogP contribution is 2.30. The Bertz CT molecular complexity index is 442. The molecule has 2 rings (SSSR count). The minimum atomic E-state index is -0.431. The van der Waals surface area contributed by atoms with Crippen LogP contribution in [0.1, 0.15) is 44.2 Å². The Labute approximate surface area is 115 Å². The fourth-order valence-electron chi connectivity index (χ4n) is 2.49. The summed E-state index contributed by atoms with van der Waals surface area (Å²) in [5, 5.41) is 2.87. The molecule has 1 N–H and O–H groups in total. The van der Waals surface area contributed by atoms with Crippen molar-refractivity contribution < 1.29 is 9.53 Å². The number of amides is 1. The fourth-order valence-corrected chi connectivity index (χ4v) is 2.49. The van der Waals surface area contributed by atoms with Gasteiger partial charge in [-0.3, -0.25) is 4.79 Å². The molecule has 0 unspecified atom stereocenters. The molecule has 1 aromatic rings. The van der Waals surface area contributed by atoms with Gasteiger partial charge in [0.25, 0.3) is 5.91 Å². The summed E-state index contributed by atoms with van der Waals surface area (Å²) >= 11 is 0. The number of aryl methyl sites for hydroxylation is 1. The van der Waals surface area contributed by atoms with Gasteiger partial charge >= 0.3 is 0 Å². The fraction of sp³-hybridized carbons (Fsp3) is 0.562. The number of carbonyl (C=O) groups is 1. The molecule has 0 heterocycles. The van der Waals surface area contributed by atoms with Crippen LogP contribution in [0.2, 0.25) is 0 Å². The van der Waals surface area contributed by atoms with Crippen molar-refractivity contribution in [2.75, 3.05) is 6.54 Å². The molecule has 0 saturated heterocycles. The molecule has 0 fully saturated rings. The molecule has 0 spiro atoms.